The number of nitrogens with zero attached hydrogens (tertiary/aromatic N) is 1. The van der Waals surface area contributed by atoms with Crippen LogP contribution in [-0.4, -0.2) is 11.0 Å². The Labute approximate surface area is 91.0 Å². The van der Waals surface area contributed by atoms with E-state index in [-0.39, 0.29) is 10.8 Å². The average Bonchev–Trinajstić information content (AvgIpc) is 2.16. The van der Waals surface area contributed by atoms with Crippen molar-refractivity contribution in [2.75, 3.05) is 0 Å². The second-order valence-electron chi connectivity index (χ2n) is 4.66. The van der Waals surface area contributed by atoms with E-state index in [4.69, 9.17) is 0 Å². The van der Waals surface area contributed by atoms with Crippen molar-refractivity contribution < 1.29 is 4.92 Å². The monoisotopic (exact) mass is 209 g/mol. The van der Waals surface area contributed by atoms with Gasteiger partial charge in [-0.25, -0.2) is 0 Å². The molecule has 3 heteroatoms. The molecule has 3 unspecified atom stereocenters. The first-order chi connectivity index (χ1) is 6.93. The van der Waals surface area contributed by atoms with Crippen LogP contribution in [0.3, 0.4) is 0 Å². The van der Waals surface area contributed by atoms with Crippen molar-refractivity contribution in [3.63, 3.8) is 0 Å². The standard InChI is InChI=1S/C12H19NO2/c1-8(2)10-5-6-11(9(3)4)12(7-10)13(14)15/h10-12H,1,3,5-7H2,2,4H3. The Kier molecular flexibility index (Phi) is 3.66. The molecule has 0 aromatic carbocycles. The maximum Gasteiger partial charge on any atom is 0.220 e. The van der Waals surface area contributed by atoms with E-state index in [2.05, 4.69) is 13.2 Å². The fourth-order valence-corrected chi connectivity index (χ4v) is 2.40. The molecule has 3 atom stereocenters. The van der Waals surface area contributed by atoms with Crippen molar-refractivity contribution >= 4 is 0 Å². The number of hydrogen-bond acceptors (Lipinski definition) is 2. The fourth-order valence-electron chi connectivity index (χ4n) is 2.40. The van der Waals surface area contributed by atoms with E-state index in [9.17, 15) is 10.1 Å². The van der Waals surface area contributed by atoms with Crippen LogP contribution in [0.4, 0.5) is 0 Å². The van der Waals surface area contributed by atoms with Crippen LogP contribution in [-0.2, 0) is 0 Å². The Bertz CT molecular complexity index is 296. The SMILES string of the molecule is C=C(C)C1CCC(C(=C)C)C([N+](=O)[O-])C1. The third-order valence-electron chi connectivity index (χ3n) is 3.42. The second kappa shape index (κ2) is 4.60. The van der Waals surface area contributed by atoms with E-state index in [0.717, 1.165) is 24.0 Å². The van der Waals surface area contributed by atoms with Crippen molar-refractivity contribution in [1.29, 1.82) is 0 Å². The van der Waals surface area contributed by atoms with Crippen molar-refractivity contribution in [1.82, 2.24) is 0 Å². The molecule has 0 aromatic rings. The summed E-state index contributed by atoms with van der Waals surface area (Å²) in [5.41, 5.74) is 2.01. The van der Waals surface area contributed by atoms with Crippen LogP contribution in [0, 0.1) is 22.0 Å². The van der Waals surface area contributed by atoms with Crippen molar-refractivity contribution in [2.45, 2.75) is 39.2 Å². The van der Waals surface area contributed by atoms with Crippen LogP contribution in [0.5, 0.6) is 0 Å². The normalized spacial score (nSPS) is 30.9. The van der Waals surface area contributed by atoms with Crippen LogP contribution in [0.1, 0.15) is 33.1 Å². The molecule has 0 spiro atoms. The van der Waals surface area contributed by atoms with Crippen molar-refractivity contribution in [2.24, 2.45) is 11.8 Å². The smallest absolute Gasteiger partial charge is 0.220 e. The molecule has 0 radical (unpaired) electrons. The zero-order valence-electron chi connectivity index (χ0n) is 9.53. The summed E-state index contributed by atoms with van der Waals surface area (Å²) in [6.45, 7) is 11.6. The molecule has 84 valence electrons. The molecule has 15 heavy (non-hydrogen) atoms. The summed E-state index contributed by atoms with van der Waals surface area (Å²) in [6.07, 6.45) is 2.51. The van der Waals surface area contributed by atoms with Crippen LogP contribution >= 0.6 is 0 Å². The second-order valence-corrected chi connectivity index (χ2v) is 4.66. The van der Waals surface area contributed by atoms with Gasteiger partial charge in [-0.05, 0) is 32.6 Å². The summed E-state index contributed by atoms with van der Waals surface area (Å²) in [7, 11) is 0. The molecule has 3 nitrogen and oxygen atoms in total. The Balaban J connectivity index is 2.78. The number of hydrogen-bond donors (Lipinski definition) is 0. The summed E-state index contributed by atoms with van der Waals surface area (Å²) in [4.78, 5) is 10.8. The van der Waals surface area contributed by atoms with Gasteiger partial charge < -0.3 is 0 Å². The quantitative estimate of drug-likeness (QED) is 0.407. The number of rotatable bonds is 3. The Morgan fingerprint density at radius 2 is 1.87 bits per heavy atom. The van der Waals surface area contributed by atoms with Gasteiger partial charge in [0.1, 0.15) is 0 Å². The minimum absolute atomic E-state index is 0.0515. The molecule has 0 aliphatic heterocycles. The summed E-state index contributed by atoms with van der Waals surface area (Å²) in [5, 5.41) is 11.0. The highest BCUT2D eigenvalue weighted by Crippen LogP contribution is 2.37. The first-order valence-electron chi connectivity index (χ1n) is 5.37. The summed E-state index contributed by atoms with van der Waals surface area (Å²) >= 11 is 0. The summed E-state index contributed by atoms with van der Waals surface area (Å²) < 4.78 is 0. The maximum atomic E-state index is 11.0. The molecule has 1 aliphatic rings. The summed E-state index contributed by atoms with van der Waals surface area (Å²) in [5.74, 6) is 0.367. The van der Waals surface area contributed by atoms with Gasteiger partial charge in [0.25, 0.3) is 0 Å². The van der Waals surface area contributed by atoms with Crippen LogP contribution < -0.4 is 0 Å². The molecule has 0 aromatic heterocycles. The minimum atomic E-state index is -0.460. The fraction of sp³-hybridized carbons (Fsp3) is 0.667. The molecule has 1 rings (SSSR count). The highest BCUT2D eigenvalue weighted by atomic mass is 16.6. The molecule has 1 aliphatic carbocycles. The maximum absolute atomic E-state index is 11.0. The van der Waals surface area contributed by atoms with Crippen molar-refractivity contribution in [3.05, 3.63) is 34.4 Å². The first-order valence-corrected chi connectivity index (χ1v) is 5.37. The molecule has 1 saturated carbocycles. The van der Waals surface area contributed by atoms with E-state index in [1.165, 1.54) is 0 Å². The lowest BCUT2D eigenvalue weighted by molar-refractivity contribution is -0.534. The van der Waals surface area contributed by atoms with Gasteiger partial charge in [0.05, 0.1) is 0 Å². The zero-order valence-corrected chi connectivity index (χ0v) is 9.53. The molecule has 0 N–H and O–H groups in total. The molecular formula is C12H19NO2. The van der Waals surface area contributed by atoms with E-state index >= 15 is 0 Å². The topological polar surface area (TPSA) is 43.1 Å². The van der Waals surface area contributed by atoms with Crippen LogP contribution in [0.25, 0.3) is 0 Å². The molecule has 1 fully saturated rings. The Morgan fingerprint density at radius 1 is 1.27 bits per heavy atom. The lowest BCUT2D eigenvalue weighted by Crippen LogP contribution is -2.36. The Morgan fingerprint density at radius 3 is 2.27 bits per heavy atom. The molecule has 0 saturated heterocycles. The van der Waals surface area contributed by atoms with Crippen molar-refractivity contribution in [3.8, 4) is 0 Å². The van der Waals surface area contributed by atoms with Crippen LogP contribution in [0.2, 0.25) is 0 Å². The predicted octanol–water partition coefficient (Wildman–Crippen LogP) is 3.20. The van der Waals surface area contributed by atoms with Gasteiger partial charge >= 0.3 is 0 Å². The molecule has 0 amide bonds. The average molecular weight is 209 g/mol. The summed E-state index contributed by atoms with van der Waals surface area (Å²) in [6, 6.07) is -0.460. The van der Waals surface area contributed by atoms with Gasteiger partial charge in [0.15, 0.2) is 0 Å². The van der Waals surface area contributed by atoms with E-state index in [1.54, 1.807) is 0 Å². The van der Waals surface area contributed by atoms with Gasteiger partial charge in [-0.1, -0.05) is 24.3 Å². The van der Waals surface area contributed by atoms with Gasteiger partial charge in [0.2, 0.25) is 6.04 Å². The molecular weight excluding hydrogens is 190 g/mol. The van der Waals surface area contributed by atoms with Crippen LogP contribution in [0.15, 0.2) is 24.3 Å². The number of nitro groups is 1. The Hall–Kier alpha value is -1.12. The van der Waals surface area contributed by atoms with E-state index in [1.807, 2.05) is 13.8 Å². The molecule has 0 bridgehead atoms. The lowest BCUT2D eigenvalue weighted by Gasteiger charge is -2.31. The molecule has 0 heterocycles. The van der Waals surface area contributed by atoms with E-state index < -0.39 is 6.04 Å². The third-order valence-corrected chi connectivity index (χ3v) is 3.42. The van der Waals surface area contributed by atoms with Gasteiger partial charge in [0, 0.05) is 17.3 Å². The third kappa shape index (κ3) is 2.67. The largest absolute Gasteiger partial charge is 0.264 e. The van der Waals surface area contributed by atoms with Gasteiger partial charge in [-0.2, -0.15) is 0 Å². The predicted molar refractivity (Wildman–Crippen MR) is 61.2 cm³/mol. The van der Waals surface area contributed by atoms with Gasteiger partial charge in [-0.3, -0.25) is 10.1 Å². The highest BCUT2D eigenvalue weighted by Gasteiger charge is 2.38. The minimum Gasteiger partial charge on any atom is -0.264 e. The zero-order chi connectivity index (χ0) is 11.6. The first kappa shape index (κ1) is 12.0. The van der Waals surface area contributed by atoms with E-state index in [0.29, 0.717) is 12.3 Å². The lowest BCUT2D eigenvalue weighted by atomic mass is 9.74. The highest BCUT2D eigenvalue weighted by molar-refractivity contribution is 5.07. The van der Waals surface area contributed by atoms with Gasteiger partial charge in [-0.15, -0.1) is 0 Å². The number of allylic oxidation sites excluding steroid dienone is 1.